The van der Waals surface area contributed by atoms with E-state index in [9.17, 15) is 0 Å². The fourth-order valence-electron chi connectivity index (χ4n) is 0.787. The van der Waals surface area contributed by atoms with Gasteiger partial charge in [-0.1, -0.05) is 17.7 Å². The molecule has 0 heterocycles. The van der Waals surface area contributed by atoms with Crippen LogP contribution in [0.4, 0.5) is 0 Å². The van der Waals surface area contributed by atoms with Crippen LogP contribution < -0.4 is 0 Å². The number of allylic oxidation sites excluding steroid dienone is 3. The third-order valence-corrected chi connectivity index (χ3v) is 1.70. The lowest BCUT2D eigenvalue weighted by molar-refractivity contribution is 0.326. The van der Waals surface area contributed by atoms with Gasteiger partial charge < -0.3 is 5.11 Å². The summed E-state index contributed by atoms with van der Waals surface area (Å²) < 4.78 is 0. The molecule has 1 rings (SSSR count). The molecule has 0 unspecified atom stereocenters. The van der Waals surface area contributed by atoms with Crippen molar-refractivity contribution in [2.24, 2.45) is 0 Å². The molecule has 1 aliphatic carbocycles. The SMILES string of the molecule is OCC1=CC=C(Cl)CC1. The predicted molar refractivity (Wildman–Crippen MR) is 38.3 cm³/mol. The molecule has 0 saturated heterocycles. The molecule has 0 amide bonds. The van der Waals surface area contributed by atoms with Crippen LogP contribution in [0.1, 0.15) is 12.8 Å². The molecule has 1 N–H and O–H groups in total. The van der Waals surface area contributed by atoms with E-state index in [0.717, 1.165) is 23.4 Å². The maximum absolute atomic E-state index is 8.64. The molecule has 0 bridgehead atoms. The van der Waals surface area contributed by atoms with Gasteiger partial charge in [0.25, 0.3) is 0 Å². The van der Waals surface area contributed by atoms with E-state index in [0.29, 0.717) is 0 Å². The lowest BCUT2D eigenvalue weighted by atomic mass is 10.1. The van der Waals surface area contributed by atoms with Crippen LogP contribution in [-0.2, 0) is 0 Å². The molecule has 0 fully saturated rings. The molecular formula is C7H9ClO. The van der Waals surface area contributed by atoms with Crippen molar-refractivity contribution < 1.29 is 5.11 Å². The summed E-state index contributed by atoms with van der Waals surface area (Å²) in [4.78, 5) is 0. The molecule has 0 radical (unpaired) electrons. The van der Waals surface area contributed by atoms with Crippen LogP contribution in [0, 0.1) is 0 Å². The Kier molecular flexibility index (Phi) is 2.31. The van der Waals surface area contributed by atoms with Gasteiger partial charge in [-0.2, -0.15) is 0 Å². The van der Waals surface area contributed by atoms with Gasteiger partial charge in [-0.25, -0.2) is 0 Å². The zero-order valence-electron chi connectivity index (χ0n) is 5.10. The number of rotatable bonds is 1. The number of hydrogen-bond donors (Lipinski definition) is 1. The zero-order chi connectivity index (χ0) is 6.69. The first-order valence-corrected chi connectivity index (χ1v) is 3.35. The van der Waals surface area contributed by atoms with E-state index < -0.39 is 0 Å². The summed E-state index contributed by atoms with van der Waals surface area (Å²) in [6.45, 7) is 0.167. The third kappa shape index (κ3) is 1.84. The fourth-order valence-corrected chi connectivity index (χ4v) is 0.944. The minimum absolute atomic E-state index is 0.167. The molecule has 0 atom stereocenters. The van der Waals surface area contributed by atoms with Gasteiger partial charge in [0, 0.05) is 5.03 Å². The van der Waals surface area contributed by atoms with Crippen molar-refractivity contribution in [1.29, 1.82) is 0 Å². The second-order valence-electron chi connectivity index (χ2n) is 2.10. The predicted octanol–water partition coefficient (Wildman–Crippen LogP) is 1.82. The van der Waals surface area contributed by atoms with Crippen molar-refractivity contribution in [3.8, 4) is 0 Å². The van der Waals surface area contributed by atoms with Gasteiger partial charge in [-0.3, -0.25) is 0 Å². The highest BCUT2D eigenvalue weighted by Crippen LogP contribution is 2.19. The summed E-state index contributed by atoms with van der Waals surface area (Å²) in [6, 6.07) is 0. The highest BCUT2D eigenvalue weighted by molar-refractivity contribution is 6.29. The Hall–Kier alpha value is -0.270. The Morgan fingerprint density at radius 3 is 2.67 bits per heavy atom. The van der Waals surface area contributed by atoms with E-state index in [1.807, 2.05) is 12.2 Å². The summed E-state index contributed by atoms with van der Waals surface area (Å²) in [5.74, 6) is 0. The van der Waals surface area contributed by atoms with Crippen molar-refractivity contribution in [3.63, 3.8) is 0 Å². The quantitative estimate of drug-likeness (QED) is 0.595. The molecule has 2 heteroatoms. The van der Waals surface area contributed by atoms with E-state index in [-0.39, 0.29) is 6.61 Å². The number of aliphatic hydroxyl groups excluding tert-OH is 1. The molecular weight excluding hydrogens is 136 g/mol. The van der Waals surface area contributed by atoms with E-state index in [2.05, 4.69) is 0 Å². The highest BCUT2D eigenvalue weighted by Gasteiger charge is 2.01. The van der Waals surface area contributed by atoms with Crippen LogP contribution in [0.3, 0.4) is 0 Å². The standard InChI is InChI=1S/C7H9ClO/c8-7-3-1-6(5-9)2-4-7/h1,3,9H,2,4-5H2. The van der Waals surface area contributed by atoms with Gasteiger partial charge in [0.05, 0.1) is 6.61 Å². The first kappa shape index (κ1) is 6.84. The van der Waals surface area contributed by atoms with Crippen LogP contribution in [0.2, 0.25) is 0 Å². The second kappa shape index (κ2) is 3.04. The third-order valence-electron chi connectivity index (χ3n) is 1.39. The minimum atomic E-state index is 0.167. The first-order chi connectivity index (χ1) is 4.33. The number of halogens is 1. The molecule has 1 nitrogen and oxygen atoms in total. The molecule has 0 aromatic carbocycles. The number of aliphatic hydroxyl groups is 1. The summed E-state index contributed by atoms with van der Waals surface area (Å²) in [5.41, 5.74) is 1.07. The molecule has 9 heavy (non-hydrogen) atoms. The van der Waals surface area contributed by atoms with Crippen molar-refractivity contribution in [3.05, 3.63) is 22.8 Å². The normalized spacial score (nSPS) is 18.9. The molecule has 0 spiro atoms. The summed E-state index contributed by atoms with van der Waals surface area (Å²) in [6.07, 6.45) is 5.52. The van der Waals surface area contributed by atoms with Gasteiger partial charge in [0.1, 0.15) is 0 Å². The van der Waals surface area contributed by atoms with Crippen molar-refractivity contribution in [2.75, 3.05) is 6.61 Å². The summed E-state index contributed by atoms with van der Waals surface area (Å²) >= 11 is 5.67. The Morgan fingerprint density at radius 1 is 1.44 bits per heavy atom. The molecule has 0 saturated carbocycles. The molecule has 0 aromatic rings. The van der Waals surface area contributed by atoms with Crippen molar-refractivity contribution in [1.82, 2.24) is 0 Å². The van der Waals surface area contributed by atoms with Crippen LogP contribution in [0.5, 0.6) is 0 Å². The highest BCUT2D eigenvalue weighted by atomic mass is 35.5. The Morgan fingerprint density at radius 2 is 2.22 bits per heavy atom. The number of hydrogen-bond acceptors (Lipinski definition) is 1. The molecule has 50 valence electrons. The Labute approximate surface area is 59.6 Å². The monoisotopic (exact) mass is 144 g/mol. The fraction of sp³-hybridized carbons (Fsp3) is 0.429. The average Bonchev–Trinajstić information content (AvgIpc) is 1.90. The van der Waals surface area contributed by atoms with Crippen molar-refractivity contribution >= 4 is 11.6 Å². The van der Waals surface area contributed by atoms with Gasteiger partial charge >= 0.3 is 0 Å². The maximum atomic E-state index is 8.64. The van der Waals surface area contributed by atoms with Crippen LogP contribution >= 0.6 is 11.6 Å². The minimum Gasteiger partial charge on any atom is -0.392 e. The average molecular weight is 145 g/mol. The van der Waals surface area contributed by atoms with Crippen LogP contribution in [-0.4, -0.2) is 11.7 Å². The summed E-state index contributed by atoms with van der Waals surface area (Å²) in [7, 11) is 0. The van der Waals surface area contributed by atoms with Gasteiger partial charge in [0.15, 0.2) is 0 Å². The Bertz CT molecular complexity index is 158. The van der Waals surface area contributed by atoms with E-state index >= 15 is 0 Å². The zero-order valence-corrected chi connectivity index (χ0v) is 5.86. The van der Waals surface area contributed by atoms with E-state index in [1.165, 1.54) is 0 Å². The largest absolute Gasteiger partial charge is 0.392 e. The lowest BCUT2D eigenvalue weighted by Gasteiger charge is -2.06. The van der Waals surface area contributed by atoms with Crippen molar-refractivity contribution in [2.45, 2.75) is 12.8 Å². The Balaban J connectivity index is 2.59. The maximum Gasteiger partial charge on any atom is 0.0644 e. The second-order valence-corrected chi connectivity index (χ2v) is 2.58. The van der Waals surface area contributed by atoms with Gasteiger partial charge in [0.2, 0.25) is 0 Å². The van der Waals surface area contributed by atoms with Crippen LogP contribution in [0.25, 0.3) is 0 Å². The first-order valence-electron chi connectivity index (χ1n) is 2.98. The van der Waals surface area contributed by atoms with Gasteiger partial charge in [-0.15, -0.1) is 0 Å². The van der Waals surface area contributed by atoms with Crippen LogP contribution in [0.15, 0.2) is 22.8 Å². The van der Waals surface area contributed by atoms with E-state index in [4.69, 9.17) is 16.7 Å². The lowest BCUT2D eigenvalue weighted by Crippen LogP contribution is -1.93. The van der Waals surface area contributed by atoms with Gasteiger partial charge in [-0.05, 0) is 24.5 Å². The molecule has 1 aliphatic rings. The van der Waals surface area contributed by atoms with E-state index in [1.54, 1.807) is 0 Å². The smallest absolute Gasteiger partial charge is 0.0644 e. The topological polar surface area (TPSA) is 20.2 Å². The summed E-state index contributed by atoms with van der Waals surface area (Å²) in [5, 5.41) is 9.52. The molecule has 0 aromatic heterocycles. The molecule has 0 aliphatic heterocycles.